The van der Waals surface area contributed by atoms with E-state index in [1.165, 1.54) is 7.11 Å². The molecule has 14 nitrogen and oxygen atoms in total. The minimum Gasteiger partial charge on any atom is -0.495 e. The number of aromatic nitrogens is 4. The monoisotopic (exact) mass is 940 g/mol. The van der Waals surface area contributed by atoms with E-state index in [1.54, 1.807) is 55.3 Å². The Morgan fingerprint density at radius 1 is 0.942 bits per heavy atom. The van der Waals surface area contributed by atoms with Gasteiger partial charge in [-0.15, -0.1) is 0 Å². The van der Waals surface area contributed by atoms with Crippen LogP contribution in [0.15, 0.2) is 67.0 Å². The number of hydrogen-bond donors (Lipinski definition) is 1. The standard InChI is InChI=1S/C53H62F2N10O4/c1-32(66)62-22-18-44-43(31-62)48(64-19-8-9-34-23-41(36-27-57-60(6)28-36)42(47(54)55)25-45(34)64)59-65(44)38-16-20-61(21-17-38)39-29-63(30-39)37-13-10-33(11-14-37)49(67)58-50-52(2,3)51(53(50,4)5)69-40-15-12-35(26-56)46(24-40)68-7/h10-15,23-25,27-28,38-39,47,50-51H,8-9,16-22,29-31H2,1-7H3,(H,58,67). The smallest absolute Gasteiger partial charge is 0.264 e. The Morgan fingerprint density at radius 3 is 2.33 bits per heavy atom. The van der Waals surface area contributed by atoms with E-state index in [2.05, 4.69) is 63.6 Å². The molecule has 4 aliphatic heterocycles. The first kappa shape index (κ1) is 46.3. The molecule has 0 radical (unpaired) electrons. The lowest BCUT2D eigenvalue weighted by Gasteiger charge is -2.63. The summed E-state index contributed by atoms with van der Waals surface area (Å²) in [5, 5.41) is 22.3. The van der Waals surface area contributed by atoms with Gasteiger partial charge in [0.2, 0.25) is 5.91 Å². The van der Waals surface area contributed by atoms with E-state index < -0.39 is 6.43 Å². The number of alkyl halides is 2. The number of halogens is 2. The van der Waals surface area contributed by atoms with Crippen molar-refractivity contribution >= 4 is 29.0 Å². The van der Waals surface area contributed by atoms with Crippen LogP contribution in [0.5, 0.6) is 11.5 Å². The van der Waals surface area contributed by atoms with Crippen LogP contribution in [0.3, 0.4) is 0 Å². The average molecular weight is 941 g/mol. The van der Waals surface area contributed by atoms with E-state index in [4.69, 9.17) is 14.6 Å². The molecule has 2 aromatic heterocycles. The number of methoxy groups -OCH3 is 1. The zero-order chi connectivity index (χ0) is 48.5. The molecule has 1 N–H and O–H groups in total. The van der Waals surface area contributed by atoms with Gasteiger partial charge < -0.3 is 29.5 Å². The molecule has 0 bridgehead atoms. The number of benzene rings is 3. The molecule has 69 heavy (non-hydrogen) atoms. The van der Waals surface area contributed by atoms with Crippen molar-refractivity contribution < 1.29 is 27.8 Å². The number of aryl methyl sites for hydroxylation is 2. The van der Waals surface area contributed by atoms with Gasteiger partial charge >= 0.3 is 0 Å². The number of amides is 2. The lowest BCUT2D eigenvalue weighted by Crippen LogP contribution is -2.74. The minimum absolute atomic E-state index is 0.0163. The molecule has 0 unspecified atom stereocenters. The number of nitrogens with zero attached hydrogens (tertiary/aromatic N) is 9. The maximum absolute atomic E-state index is 14.8. The predicted molar refractivity (Wildman–Crippen MR) is 259 cm³/mol. The summed E-state index contributed by atoms with van der Waals surface area (Å²) in [4.78, 5) is 35.3. The highest BCUT2D eigenvalue weighted by Gasteiger charge is 2.64. The first-order chi connectivity index (χ1) is 33.0. The largest absolute Gasteiger partial charge is 0.495 e. The zero-order valence-corrected chi connectivity index (χ0v) is 40.6. The second-order valence-electron chi connectivity index (χ2n) is 20.8. The zero-order valence-electron chi connectivity index (χ0n) is 40.6. The van der Waals surface area contributed by atoms with Gasteiger partial charge in [0.1, 0.15) is 23.7 Å². The van der Waals surface area contributed by atoms with Crippen LogP contribution in [-0.2, 0) is 31.2 Å². The predicted octanol–water partition coefficient (Wildman–Crippen LogP) is 8.23. The Balaban J connectivity index is 0.773. The first-order valence-electron chi connectivity index (χ1n) is 24.3. The molecule has 0 spiro atoms. The fraction of sp³-hybridized carbons (Fsp3) is 0.491. The summed E-state index contributed by atoms with van der Waals surface area (Å²) < 4.78 is 45.3. The number of nitrogens with one attached hydrogen (secondary N) is 1. The van der Waals surface area contributed by atoms with Crippen LogP contribution in [0.25, 0.3) is 11.1 Å². The van der Waals surface area contributed by atoms with Crippen LogP contribution < -0.4 is 24.6 Å². The summed E-state index contributed by atoms with van der Waals surface area (Å²) in [6.45, 7) is 15.5. The van der Waals surface area contributed by atoms with E-state index >= 15 is 0 Å². The van der Waals surface area contributed by atoms with Gasteiger partial charge in [-0.1, -0.05) is 27.7 Å². The molecule has 16 heteroatoms. The van der Waals surface area contributed by atoms with Crippen molar-refractivity contribution in [1.29, 1.82) is 5.26 Å². The number of fused-ring (bicyclic) bond motifs is 2. The van der Waals surface area contributed by atoms with Gasteiger partial charge in [0, 0.05) is 134 Å². The molecule has 10 rings (SSSR count). The van der Waals surface area contributed by atoms with Crippen molar-refractivity contribution in [1.82, 2.24) is 34.7 Å². The van der Waals surface area contributed by atoms with Gasteiger partial charge in [-0.2, -0.15) is 15.5 Å². The van der Waals surface area contributed by atoms with E-state index in [0.717, 1.165) is 85.9 Å². The highest BCUT2D eigenvalue weighted by molar-refractivity contribution is 5.95. The van der Waals surface area contributed by atoms with Crippen molar-refractivity contribution in [3.05, 3.63) is 101 Å². The number of ether oxygens (including phenoxy) is 2. The van der Waals surface area contributed by atoms with Crippen molar-refractivity contribution in [2.24, 2.45) is 17.9 Å². The van der Waals surface area contributed by atoms with E-state index in [0.29, 0.717) is 65.8 Å². The van der Waals surface area contributed by atoms with Crippen molar-refractivity contribution in [3.8, 4) is 28.7 Å². The number of carbonyl (C=O) groups excluding carboxylic acids is 2. The molecule has 2 saturated heterocycles. The number of anilines is 3. The maximum atomic E-state index is 14.8. The second kappa shape index (κ2) is 17.8. The van der Waals surface area contributed by atoms with Crippen LogP contribution in [0.2, 0.25) is 0 Å². The topological polar surface area (TPSA) is 137 Å². The van der Waals surface area contributed by atoms with Crippen LogP contribution in [0.1, 0.15) is 105 Å². The summed E-state index contributed by atoms with van der Waals surface area (Å²) in [6, 6.07) is 19.3. The van der Waals surface area contributed by atoms with Crippen LogP contribution in [-0.4, -0.2) is 106 Å². The summed E-state index contributed by atoms with van der Waals surface area (Å²) in [5.74, 6) is 1.77. The normalized spacial score (nSPS) is 21.2. The molecule has 3 aromatic carbocycles. The molecular weight excluding hydrogens is 879 g/mol. The van der Waals surface area contributed by atoms with Crippen molar-refractivity contribution in [2.45, 2.75) is 104 Å². The van der Waals surface area contributed by atoms with Crippen molar-refractivity contribution in [3.63, 3.8) is 0 Å². The Kier molecular flexibility index (Phi) is 11.9. The molecule has 3 fully saturated rings. The second-order valence-corrected chi connectivity index (χ2v) is 20.8. The molecule has 0 atom stereocenters. The number of rotatable bonds is 11. The van der Waals surface area contributed by atoms with Gasteiger partial charge in [-0.05, 0) is 85.3 Å². The number of carbonyl (C=O) groups is 2. The number of likely N-dealkylation sites (tertiary alicyclic amines) is 1. The molecule has 362 valence electrons. The van der Waals surface area contributed by atoms with Gasteiger partial charge in [0.05, 0.1) is 31.5 Å². The lowest BCUT2D eigenvalue weighted by molar-refractivity contribution is -0.164. The Morgan fingerprint density at radius 2 is 1.68 bits per heavy atom. The summed E-state index contributed by atoms with van der Waals surface area (Å²) in [6.07, 6.45) is 4.79. The highest BCUT2D eigenvalue weighted by atomic mass is 19.3. The Hall–Kier alpha value is -6.47. The SMILES string of the molecule is COc1cc(OC2C(C)(C)C(NC(=O)c3ccc(N4CC(N5CCC(n6nc(N7CCCc8cc(-c9cnn(C)c9)c(C(F)F)cc87)c7c6CCN(C(C)=O)C7)CC5)C4)cc3)C2(C)C)ccc1C#N. The highest BCUT2D eigenvalue weighted by Crippen LogP contribution is 2.56. The van der Waals surface area contributed by atoms with Crippen LogP contribution >= 0.6 is 0 Å². The third-order valence-corrected chi connectivity index (χ3v) is 15.8. The van der Waals surface area contributed by atoms with Gasteiger partial charge in [-0.25, -0.2) is 8.78 Å². The fourth-order valence-corrected chi connectivity index (χ4v) is 12.3. The van der Waals surface area contributed by atoms with E-state index in [-0.39, 0.29) is 46.4 Å². The van der Waals surface area contributed by atoms with Crippen molar-refractivity contribution in [2.75, 3.05) is 56.2 Å². The summed E-state index contributed by atoms with van der Waals surface area (Å²) >= 11 is 0. The first-order valence-corrected chi connectivity index (χ1v) is 24.3. The van der Waals surface area contributed by atoms with E-state index in [9.17, 15) is 23.6 Å². The molecule has 6 heterocycles. The van der Waals surface area contributed by atoms with Gasteiger partial charge in [0.25, 0.3) is 12.3 Å². The number of piperidine rings is 1. The lowest BCUT2D eigenvalue weighted by atomic mass is 9.49. The quantitative estimate of drug-likeness (QED) is 0.138. The van der Waals surface area contributed by atoms with Crippen LogP contribution in [0.4, 0.5) is 26.0 Å². The molecule has 5 aromatic rings. The summed E-state index contributed by atoms with van der Waals surface area (Å²) in [5.41, 5.74) is 6.55. The van der Waals surface area contributed by atoms with Gasteiger partial charge in [0.15, 0.2) is 5.82 Å². The van der Waals surface area contributed by atoms with E-state index in [1.807, 2.05) is 35.2 Å². The number of nitriles is 1. The molecule has 2 amide bonds. The molecule has 1 saturated carbocycles. The molecule has 1 aliphatic carbocycles. The third kappa shape index (κ3) is 8.25. The number of hydrogen-bond acceptors (Lipinski definition) is 10. The Bertz CT molecular complexity index is 2800. The third-order valence-electron chi connectivity index (χ3n) is 15.8. The molecule has 5 aliphatic rings. The average Bonchev–Trinajstić information content (AvgIpc) is 3.94. The Labute approximate surface area is 402 Å². The minimum atomic E-state index is -2.66. The fourth-order valence-electron chi connectivity index (χ4n) is 12.3. The van der Waals surface area contributed by atoms with Crippen LogP contribution in [0, 0.1) is 22.2 Å². The molecular formula is C53H62F2N10O4. The maximum Gasteiger partial charge on any atom is 0.264 e. The van der Waals surface area contributed by atoms with Gasteiger partial charge in [-0.3, -0.25) is 23.9 Å². The summed E-state index contributed by atoms with van der Waals surface area (Å²) in [7, 11) is 3.32.